The number of hydrogen-bond acceptors (Lipinski definition) is 5. The molecule has 0 heterocycles. The van der Waals surface area contributed by atoms with Crippen LogP contribution in [0, 0.1) is 12.8 Å². The number of halogens is 3. The fourth-order valence-electron chi connectivity index (χ4n) is 5.65. The first-order valence-electron chi connectivity index (χ1n) is 15.2. The highest BCUT2D eigenvalue weighted by molar-refractivity contribution is 7.89. The van der Waals surface area contributed by atoms with Gasteiger partial charge in [-0.2, -0.15) is 4.31 Å². The Morgan fingerprint density at radius 1 is 1.09 bits per heavy atom. The minimum atomic E-state index is -4.83. The number of nitrogens with zero attached hydrogens (tertiary/aromatic N) is 1. The number of amides is 1. The van der Waals surface area contributed by atoms with E-state index in [0.29, 0.717) is 29.9 Å². The van der Waals surface area contributed by atoms with Crippen molar-refractivity contribution in [2.24, 2.45) is 5.92 Å². The maximum absolute atomic E-state index is 13.4. The zero-order valence-corrected chi connectivity index (χ0v) is 26.2. The maximum Gasteiger partial charge on any atom is 0.522 e. The molecular formula is C32H43F3N2O6S. The lowest BCUT2D eigenvalue weighted by Crippen LogP contribution is -2.40. The quantitative estimate of drug-likeness (QED) is 0.198. The summed E-state index contributed by atoms with van der Waals surface area (Å²) >= 11 is 0. The lowest BCUT2D eigenvalue weighted by molar-refractivity contribution is -0.324. The molecule has 0 bridgehead atoms. The van der Waals surface area contributed by atoms with Crippen LogP contribution in [0.15, 0.2) is 42.5 Å². The number of carboxylic acids is 1. The van der Waals surface area contributed by atoms with E-state index in [0.717, 1.165) is 43.2 Å². The molecule has 0 aromatic heterocycles. The Morgan fingerprint density at radius 3 is 2.43 bits per heavy atom. The van der Waals surface area contributed by atoms with Crippen molar-refractivity contribution in [2.75, 3.05) is 18.9 Å². The number of ether oxygens (including phenoxy) is 1. The van der Waals surface area contributed by atoms with Gasteiger partial charge >= 0.3 is 12.3 Å². The van der Waals surface area contributed by atoms with Gasteiger partial charge in [-0.05, 0) is 66.5 Å². The normalized spacial score (nSPS) is 15.3. The summed E-state index contributed by atoms with van der Waals surface area (Å²) < 4.78 is 69.3. The van der Waals surface area contributed by atoms with Gasteiger partial charge < -0.3 is 10.4 Å². The molecule has 1 saturated carbocycles. The summed E-state index contributed by atoms with van der Waals surface area (Å²) in [6.07, 6.45) is 1.72. The van der Waals surface area contributed by atoms with Gasteiger partial charge in [-0.25, -0.2) is 13.2 Å². The molecule has 0 radical (unpaired) electrons. The first kappa shape index (κ1) is 35.5. The van der Waals surface area contributed by atoms with Gasteiger partial charge in [0.15, 0.2) is 0 Å². The van der Waals surface area contributed by atoms with Crippen LogP contribution < -0.4 is 5.32 Å². The number of nitrogens with one attached hydrogen (secondary N) is 1. The van der Waals surface area contributed by atoms with Gasteiger partial charge in [-0.1, -0.05) is 75.8 Å². The highest BCUT2D eigenvalue weighted by atomic mass is 32.2. The third-order valence-corrected chi connectivity index (χ3v) is 9.92. The second kappa shape index (κ2) is 16.4. The Labute approximate surface area is 258 Å². The Balaban J connectivity index is 1.92. The third kappa shape index (κ3) is 10.9. The Bertz CT molecular complexity index is 1360. The number of carboxylic acid groups (broad SMARTS) is 1. The average Bonchev–Trinajstić information content (AvgIpc) is 2.97. The van der Waals surface area contributed by atoms with E-state index in [1.165, 1.54) is 4.31 Å². The summed E-state index contributed by atoms with van der Waals surface area (Å²) in [6, 6.07) is 11.3. The van der Waals surface area contributed by atoms with Gasteiger partial charge in [0.2, 0.25) is 10.0 Å². The molecule has 2 aromatic rings. The van der Waals surface area contributed by atoms with Gasteiger partial charge in [0.25, 0.3) is 5.91 Å². The van der Waals surface area contributed by atoms with Crippen LogP contribution in [-0.2, 0) is 26.1 Å². The molecule has 2 aromatic carbocycles. The summed E-state index contributed by atoms with van der Waals surface area (Å²) in [5.41, 5.74) is 2.99. The number of rotatable bonds is 16. The zero-order valence-electron chi connectivity index (χ0n) is 25.4. The van der Waals surface area contributed by atoms with Crippen molar-refractivity contribution in [3.63, 3.8) is 0 Å². The average molecular weight is 641 g/mol. The van der Waals surface area contributed by atoms with Crippen LogP contribution in [0.2, 0.25) is 0 Å². The van der Waals surface area contributed by atoms with E-state index < -0.39 is 46.7 Å². The number of hydrogen-bond donors (Lipinski definition) is 2. The molecule has 1 amide bonds. The van der Waals surface area contributed by atoms with Crippen molar-refractivity contribution in [3.8, 4) is 11.1 Å². The summed E-state index contributed by atoms with van der Waals surface area (Å²) in [4.78, 5) is 25.1. The number of carbonyl (C=O) groups is 2. The molecule has 1 unspecified atom stereocenters. The lowest BCUT2D eigenvalue weighted by atomic mass is 9.87. The van der Waals surface area contributed by atoms with E-state index in [2.05, 4.69) is 10.1 Å². The van der Waals surface area contributed by atoms with Gasteiger partial charge in [0.1, 0.15) is 6.04 Å². The highest BCUT2D eigenvalue weighted by Crippen LogP contribution is 2.31. The minimum absolute atomic E-state index is 0.0243. The molecule has 1 aliphatic carbocycles. The number of aliphatic carboxylic acids is 1. The molecule has 44 heavy (non-hydrogen) atoms. The highest BCUT2D eigenvalue weighted by Gasteiger charge is 2.30. The van der Waals surface area contributed by atoms with Crippen molar-refractivity contribution >= 4 is 21.9 Å². The Hall–Kier alpha value is -2.96. The Kier molecular flexibility index (Phi) is 13.2. The molecule has 0 spiro atoms. The molecule has 12 heteroatoms. The zero-order chi connectivity index (χ0) is 32.3. The van der Waals surface area contributed by atoms with Gasteiger partial charge in [-0.15, -0.1) is 13.2 Å². The van der Waals surface area contributed by atoms with Crippen LogP contribution >= 0.6 is 0 Å². The van der Waals surface area contributed by atoms with E-state index >= 15 is 0 Å². The van der Waals surface area contributed by atoms with Crippen molar-refractivity contribution < 1.29 is 41.0 Å². The van der Waals surface area contributed by atoms with Crippen molar-refractivity contribution in [3.05, 3.63) is 59.2 Å². The largest absolute Gasteiger partial charge is 0.522 e. The van der Waals surface area contributed by atoms with E-state index in [1.54, 1.807) is 18.2 Å². The molecular weight excluding hydrogens is 597 g/mol. The fourth-order valence-corrected chi connectivity index (χ4v) is 7.12. The summed E-state index contributed by atoms with van der Waals surface area (Å²) in [6.45, 7) is 3.16. The van der Waals surface area contributed by atoms with Crippen LogP contribution in [0.1, 0.15) is 86.2 Å². The summed E-state index contributed by atoms with van der Waals surface area (Å²) in [5, 5.41) is 12.2. The molecule has 1 atom stereocenters. The standard InChI is InChI=1S/C32H43F3N2O6S/c1-3-10-29(31(39)40)36-30(38)27-16-15-25(21-28(27)26-14-8-7-11-23(26)2)22-37(18-17-24-12-5-4-6-13-24)44(41,42)20-9-19-43-32(33,34)35/h7-8,11,14-16,21,24,29H,3-6,9-10,12-13,17-20,22H2,1-2H3,(H,36,38)(H,39,40). The van der Waals surface area contributed by atoms with Crippen LogP contribution in [0.3, 0.4) is 0 Å². The van der Waals surface area contributed by atoms with E-state index in [4.69, 9.17) is 0 Å². The fraction of sp³-hybridized carbons (Fsp3) is 0.562. The molecule has 1 fully saturated rings. The molecule has 0 saturated heterocycles. The van der Waals surface area contributed by atoms with Crippen molar-refractivity contribution in [1.29, 1.82) is 0 Å². The number of aryl methyl sites for hydroxylation is 1. The maximum atomic E-state index is 13.4. The van der Waals surface area contributed by atoms with Crippen LogP contribution in [-0.4, -0.2) is 61.0 Å². The summed E-state index contributed by atoms with van der Waals surface area (Å²) in [7, 11) is -3.94. The van der Waals surface area contributed by atoms with E-state index in [1.807, 2.05) is 38.1 Å². The Morgan fingerprint density at radius 2 is 1.80 bits per heavy atom. The topological polar surface area (TPSA) is 113 Å². The second-order valence-corrected chi connectivity index (χ2v) is 13.5. The molecule has 2 N–H and O–H groups in total. The van der Waals surface area contributed by atoms with Crippen molar-refractivity contribution in [1.82, 2.24) is 9.62 Å². The van der Waals surface area contributed by atoms with Crippen LogP contribution in [0.4, 0.5) is 13.2 Å². The first-order chi connectivity index (χ1) is 20.8. The van der Waals surface area contributed by atoms with E-state index in [9.17, 15) is 36.3 Å². The van der Waals surface area contributed by atoms with E-state index in [-0.39, 0.29) is 31.5 Å². The van der Waals surface area contributed by atoms with Crippen LogP contribution in [0.25, 0.3) is 11.1 Å². The van der Waals surface area contributed by atoms with Gasteiger partial charge in [0.05, 0.1) is 12.4 Å². The molecule has 244 valence electrons. The molecule has 1 aliphatic rings. The van der Waals surface area contributed by atoms with Crippen LogP contribution in [0.5, 0.6) is 0 Å². The predicted molar refractivity (Wildman–Crippen MR) is 162 cm³/mol. The number of sulfonamides is 1. The minimum Gasteiger partial charge on any atom is -0.480 e. The molecule has 0 aliphatic heterocycles. The van der Waals surface area contributed by atoms with Gasteiger partial charge in [-0.3, -0.25) is 9.53 Å². The monoisotopic (exact) mass is 640 g/mol. The molecule has 8 nitrogen and oxygen atoms in total. The van der Waals surface area contributed by atoms with Crippen molar-refractivity contribution in [2.45, 2.75) is 90.6 Å². The lowest BCUT2D eigenvalue weighted by Gasteiger charge is -2.27. The predicted octanol–water partition coefficient (Wildman–Crippen LogP) is 6.67. The third-order valence-electron chi connectivity index (χ3n) is 8.02. The number of benzene rings is 2. The number of carbonyl (C=O) groups excluding carboxylic acids is 1. The second-order valence-electron chi connectivity index (χ2n) is 11.4. The number of alkyl halides is 3. The first-order valence-corrected chi connectivity index (χ1v) is 16.8. The molecule has 3 rings (SSSR count). The smallest absolute Gasteiger partial charge is 0.480 e. The summed E-state index contributed by atoms with van der Waals surface area (Å²) in [5.74, 6) is -1.79. The van der Waals surface area contributed by atoms with Gasteiger partial charge in [0, 0.05) is 18.7 Å². The SMILES string of the molecule is CCCC(NC(=O)c1ccc(CN(CCC2CCCCC2)S(=O)(=O)CCCOC(F)(F)F)cc1-c1ccccc1C)C(=O)O.